The van der Waals surface area contributed by atoms with Gasteiger partial charge in [-0.3, -0.25) is 0 Å². The van der Waals surface area contributed by atoms with E-state index in [1.165, 1.54) is 25.7 Å². The Labute approximate surface area is 153 Å². The fourth-order valence-electron chi connectivity index (χ4n) is 3.14. The van der Waals surface area contributed by atoms with Gasteiger partial charge in [0.1, 0.15) is 10.3 Å². The van der Waals surface area contributed by atoms with Crippen LogP contribution in [0.3, 0.4) is 0 Å². The van der Waals surface area contributed by atoms with E-state index in [2.05, 4.69) is 20.6 Å². The molecule has 128 valence electrons. The van der Waals surface area contributed by atoms with Crippen LogP contribution in [0.15, 0.2) is 36.7 Å². The zero-order valence-electron chi connectivity index (χ0n) is 13.5. The standard InChI is InChI=1S/C18H22Cl2N4/c19-17-7-5-13(11-23-17)9-21-15-3-1-2-4-16(15)22-10-14-6-8-18(20)24-12-14/h5-8,11-12,15-16,21-22H,1-4,9-10H2. The third-order valence-electron chi connectivity index (χ3n) is 4.48. The van der Waals surface area contributed by atoms with E-state index < -0.39 is 0 Å². The minimum Gasteiger partial charge on any atom is -0.308 e. The number of halogens is 2. The Morgan fingerprint density at radius 1 is 0.792 bits per heavy atom. The maximum absolute atomic E-state index is 5.84. The summed E-state index contributed by atoms with van der Waals surface area (Å²) in [5.41, 5.74) is 2.32. The predicted molar refractivity (Wildman–Crippen MR) is 98.2 cm³/mol. The fraction of sp³-hybridized carbons (Fsp3) is 0.444. The molecule has 4 nitrogen and oxygen atoms in total. The van der Waals surface area contributed by atoms with Crippen molar-refractivity contribution in [2.75, 3.05) is 0 Å². The maximum Gasteiger partial charge on any atom is 0.129 e. The first kappa shape index (κ1) is 17.6. The molecule has 2 aromatic heterocycles. The molecule has 0 aromatic carbocycles. The van der Waals surface area contributed by atoms with E-state index in [1.807, 2.05) is 36.7 Å². The Kier molecular flexibility index (Phi) is 6.44. The van der Waals surface area contributed by atoms with Crippen molar-refractivity contribution in [2.24, 2.45) is 0 Å². The van der Waals surface area contributed by atoms with Crippen LogP contribution < -0.4 is 10.6 Å². The largest absolute Gasteiger partial charge is 0.308 e. The highest BCUT2D eigenvalue weighted by atomic mass is 35.5. The summed E-state index contributed by atoms with van der Waals surface area (Å²) in [6, 6.07) is 8.65. The third-order valence-corrected chi connectivity index (χ3v) is 4.93. The topological polar surface area (TPSA) is 49.8 Å². The zero-order chi connectivity index (χ0) is 16.8. The van der Waals surface area contributed by atoms with Crippen LogP contribution in [0.2, 0.25) is 10.3 Å². The Bertz CT molecular complexity index is 573. The van der Waals surface area contributed by atoms with Crippen molar-refractivity contribution in [2.45, 2.75) is 50.9 Å². The molecule has 1 aliphatic rings. The van der Waals surface area contributed by atoms with Crippen molar-refractivity contribution in [1.29, 1.82) is 0 Å². The molecule has 0 saturated heterocycles. The summed E-state index contributed by atoms with van der Waals surface area (Å²) in [4.78, 5) is 8.27. The summed E-state index contributed by atoms with van der Waals surface area (Å²) >= 11 is 11.7. The highest BCUT2D eigenvalue weighted by Crippen LogP contribution is 2.20. The second-order valence-electron chi connectivity index (χ2n) is 6.24. The van der Waals surface area contributed by atoms with Crippen LogP contribution in [0.25, 0.3) is 0 Å². The molecule has 2 N–H and O–H groups in total. The van der Waals surface area contributed by atoms with E-state index >= 15 is 0 Å². The van der Waals surface area contributed by atoms with Crippen LogP contribution in [0.5, 0.6) is 0 Å². The van der Waals surface area contributed by atoms with Gasteiger partial charge in [0.15, 0.2) is 0 Å². The quantitative estimate of drug-likeness (QED) is 0.761. The summed E-state index contributed by atoms with van der Waals surface area (Å²) < 4.78 is 0. The van der Waals surface area contributed by atoms with Gasteiger partial charge in [0.2, 0.25) is 0 Å². The van der Waals surface area contributed by atoms with E-state index in [0.717, 1.165) is 24.2 Å². The van der Waals surface area contributed by atoms with E-state index in [-0.39, 0.29) is 0 Å². The molecule has 2 heterocycles. The van der Waals surface area contributed by atoms with Crippen molar-refractivity contribution in [3.63, 3.8) is 0 Å². The van der Waals surface area contributed by atoms with Crippen LogP contribution in [0.4, 0.5) is 0 Å². The minimum atomic E-state index is 0.467. The van der Waals surface area contributed by atoms with Gasteiger partial charge in [0, 0.05) is 37.6 Å². The zero-order valence-corrected chi connectivity index (χ0v) is 15.0. The average molecular weight is 365 g/mol. The lowest BCUT2D eigenvalue weighted by atomic mass is 9.90. The van der Waals surface area contributed by atoms with Gasteiger partial charge in [-0.15, -0.1) is 0 Å². The molecular formula is C18H22Cl2N4. The number of nitrogens with one attached hydrogen (secondary N) is 2. The Morgan fingerprint density at radius 3 is 1.62 bits per heavy atom. The molecule has 0 radical (unpaired) electrons. The molecule has 1 fully saturated rings. The average Bonchev–Trinajstić information content (AvgIpc) is 2.61. The minimum absolute atomic E-state index is 0.467. The first-order valence-electron chi connectivity index (χ1n) is 8.38. The number of aromatic nitrogens is 2. The van der Waals surface area contributed by atoms with Crippen LogP contribution in [-0.2, 0) is 13.1 Å². The van der Waals surface area contributed by atoms with E-state index in [4.69, 9.17) is 23.2 Å². The van der Waals surface area contributed by atoms with E-state index in [9.17, 15) is 0 Å². The Hall–Kier alpha value is -1.20. The molecule has 1 aliphatic carbocycles. The summed E-state index contributed by atoms with van der Waals surface area (Å²) in [7, 11) is 0. The van der Waals surface area contributed by atoms with Crippen LogP contribution in [-0.4, -0.2) is 22.1 Å². The number of pyridine rings is 2. The third kappa shape index (κ3) is 5.15. The normalized spacial score (nSPS) is 20.9. The molecule has 2 atom stereocenters. The van der Waals surface area contributed by atoms with Gasteiger partial charge >= 0.3 is 0 Å². The first-order chi connectivity index (χ1) is 11.7. The van der Waals surface area contributed by atoms with Gasteiger partial charge in [-0.1, -0.05) is 48.2 Å². The molecule has 2 unspecified atom stereocenters. The number of hydrogen-bond donors (Lipinski definition) is 2. The van der Waals surface area contributed by atoms with Gasteiger partial charge < -0.3 is 10.6 Å². The highest BCUT2D eigenvalue weighted by Gasteiger charge is 2.24. The number of nitrogens with zero attached hydrogens (tertiary/aromatic N) is 2. The number of hydrogen-bond acceptors (Lipinski definition) is 4. The summed E-state index contributed by atoms with van der Waals surface area (Å²) in [6.07, 6.45) is 8.60. The predicted octanol–water partition coefficient (Wildman–Crippen LogP) is 3.97. The maximum atomic E-state index is 5.84. The number of rotatable bonds is 6. The van der Waals surface area contributed by atoms with E-state index in [0.29, 0.717) is 22.4 Å². The van der Waals surface area contributed by atoms with Gasteiger partial charge in [-0.05, 0) is 36.1 Å². The molecule has 6 heteroatoms. The van der Waals surface area contributed by atoms with Gasteiger partial charge in [-0.2, -0.15) is 0 Å². The monoisotopic (exact) mass is 364 g/mol. The molecule has 3 rings (SSSR count). The molecular weight excluding hydrogens is 343 g/mol. The summed E-state index contributed by atoms with van der Waals surface area (Å²) in [6.45, 7) is 1.63. The van der Waals surface area contributed by atoms with E-state index in [1.54, 1.807) is 0 Å². The lowest BCUT2D eigenvalue weighted by Gasteiger charge is -2.33. The molecule has 0 spiro atoms. The van der Waals surface area contributed by atoms with Crippen molar-refractivity contribution >= 4 is 23.2 Å². The Balaban J connectivity index is 1.52. The molecule has 0 amide bonds. The lowest BCUT2D eigenvalue weighted by Crippen LogP contribution is -2.49. The van der Waals surface area contributed by atoms with Gasteiger partial charge in [-0.25, -0.2) is 9.97 Å². The first-order valence-corrected chi connectivity index (χ1v) is 9.14. The van der Waals surface area contributed by atoms with Crippen LogP contribution in [0, 0.1) is 0 Å². The smallest absolute Gasteiger partial charge is 0.129 e. The van der Waals surface area contributed by atoms with Crippen molar-refractivity contribution < 1.29 is 0 Å². The molecule has 2 aromatic rings. The van der Waals surface area contributed by atoms with Crippen LogP contribution in [0.1, 0.15) is 36.8 Å². The van der Waals surface area contributed by atoms with Gasteiger partial charge in [0.05, 0.1) is 0 Å². The molecule has 24 heavy (non-hydrogen) atoms. The van der Waals surface area contributed by atoms with Crippen molar-refractivity contribution in [3.8, 4) is 0 Å². The highest BCUT2D eigenvalue weighted by molar-refractivity contribution is 6.29. The molecule has 0 bridgehead atoms. The lowest BCUT2D eigenvalue weighted by molar-refractivity contribution is 0.281. The summed E-state index contributed by atoms with van der Waals surface area (Å²) in [5, 5.41) is 8.41. The fourth-order valence-corrected chi connectivity index (χ4v) is 3.36. The Morgan fingerprint density at radius 2 is 1.25 bits per heavy atom. The van der Waals surface area contributed by atoms with Crippen molar-refractivity contribution in [1.82, 2.24) is 20.6 Å². The van der Waals surface area contributed by atoms with Crippen molar-refractivity contribution in [3.05, 3.63) is 58.1 Å². The molecule has 1 saturated carbocycles. The second kappa shape index (κ2) is 8.77. The van der Waals surface area contributed by atoms with Gasteiger partial charge in [0.25, 0.3) is 0 Å². The van der Waals surface area contributed by atoms with Crippen LogP contribution >= 0.6 is 23.2 Å². The SMILES string of the molecule is Clc1ccc(CNC2CCCCC2NCc2ccc(Cl)nc2)cn1. The second-order valence-corrected chi connectivity index (χ2v) is 7.01. The summed E-state index contributed by atoms with van der Waals surface area (Å²) in [5.74, 6) is 0. The molecule has 0 aliphatic heterocycles.